The van der Waals surface area contributed by atoms with E-state index in [-0.39, 0.29) is 12.0 Å². The maximum atomic E-state index is 6.26. The number of fused-ring (bicyclic) bond motifs is 1. The van der Waals surface area contributed by atoms with Gasteiger partial charge in [-0.15, -0.1) is 5.10 Å². The fraction of sp³-hybridized carbons (Fsp3) is 0.156. The van der Waals surface area contributed by atoms with Crippen molar-refractivity contribution in [3.63, 3.8) is 0 Å². The van der Waals surface area contributed by atoms with Crippen LogP contribution >= 0.6 is 0 Å². The zero-order valence-corrected chi connectivity index (χ0v) is 21.8. The number of rotatable bonds is 6. The first-order valence-electron chi connectivity index (χ1n) is 13.0. The molecule has 1 aliphatic rings. The molecular weight excluding hydrogens is 484 g/mol. The molecule has 1 N–H and O–H groups in total. The maximum absolute atomic E-state index is 6.26. The number of hydrogen-bond donors (Lipinski definition) is 1. The lowest BCUT2D eigenvalue weighted by molar-refractivity contribution is 0.434. The van der Waals surface area contributed by atoms with Gasteiger partial charge in [0.2, 0.25) is 11.8 Å². The van der Waals surface area contributed by atoms with E-state index in [1.54, 1.807) is 13.2 Å². The van der Waals surface area contributed by atoms with Gasteiger partial charge in [0, 0.05) is 53.7 Å². The summed E-state index contributed by atoms with van der Waals surface area (Å²) in [5.41, 5.74) is 4.99. The summed E-state index contributed by atoms with van der Waals surface area (Å²) in [6.45, 7) is 2.11. The van der Waals surface area contributed by atoms with Crippen molar-refractivity contribution in [2.75, 3.05) is 7.05 Å². The second-order valence-corrected chi connectivity index (χ2v) is 9.53. The molecular formula is C32H28N6O. The van der Waals surface area contributed by atoms with Crippen LogP contribution in [-0.4, -0.2) is 34.4 Å². The standard InChI is InChI=1S/C32H28N6O/c1-21-20-35-32(33-2)36-29(21)27-13-8-18-34-31(27)39-24-16-14-22(15-17-24)19-28-25-11-6-7-12-26(25)30(38-37-28)23-9-4-3-5-10-23/h3-18,20-21,29H,19H2,1-2H3,(H,33,36). The SMILES string of the molecule is CN=C1N=CC(C)C(c2cccnc2Oc2ccc(Cc3nnc(-c4ccccc4)c4ccccc34)cc2)N1. The van der Waals surface area contributed by atoms with Gasteiger partial charge in [0.15, 0.2) is 0 Å². The Labute approximate surface area is 227 Å². The van der Waals surface area contributed by atoms with Crippen molar-refractivity contribution in [1.82, 2.24) is 20.5 Å². The van der Waals surface area contributed by atoms with Crippen molar-refractivity contribution in [2.24, 2.45) is 15.9 Å². The minimum Gasteiger partial charge on any atom is -0.439 e. The summed E-state index contributed by atoms with van der Waals surface area (Å²) in [7, 11) is 1.72. The van der Waals surface area contributed by atoms with E-state index in [9.17, 15) is 0 Å². The quantitative estimate of drug-likeness (QED) is 0.284. The molecule has 0 amide bonds. The van der Waals surface area contributed by atoms with Crippen LogP contribution in [0.1, 0.15) is 29.8 Å². The molecule has 0 saturated carbocycles. The Morgan fingerprint density at radius 3 is 2.41 bits per heavy atom. The first-order valence-corrected chi connectivity index (χ1v) is 13.0. The third-order valence-corrected chi connectivity index (χ3v) is 6.91. The number of ether oxygens (including phenoxy) is 1. The van der Waals surface area contributed by atoms with Crippen LogP contribution in [0.5, 0.6) is 11.6 Å². The molecule has 0 saturated heterocycles. The highest BCUT2D eigenvalue weighted by molar-refractivity contribution is 5.95. The van der Waals surface area contributed by atoms with Crippen LogP contribution in [0.3, 0.4) is 0 Å². The normalized spacial score (nSPS) is 17.7. The molecule has 7 heteroatoms. The molecule has 3 heterocycles. The van der Waals surface area contributed by atoms with E-state index >= 15 is 0 Å². The minimum atomic E-state index is -0.0325. The molecule has 0 radical (unpaired) electrons. The van der Waals surface area contributed by atoms with E-state index in [0.29, 0.717) is 18.3 Å². The number of pyridine rings is 1. The van der Waals surface area contributed by atoms with E-state index in [2.05, 4.69) is 73.8 Å². The predicted octanol–water partition coefficient (Wildman–Crippen LogP) is 6.41. The first-order chi connectivity index (χ1) is 19.2. The van der Waals surface area contributed by atoms with Crippen molar-refractivity contribution in [1.29, 1.82) is 0 Å². The number of benzene rings is 3. The van der Waals surface area contributed by atoms with Crippen LogP contribution in [0.25, 0.3) is 22.0 Å². The third kappa shape index (κ3) is 5.11. The lowest BCUT2D eigenvalue weighted by Gasteiger charge is -2.27. The topological polar surface area (TPSA) is 84.7 Å². The zero-order valence-electron chi connectivity index (χ0n) is 21.8. The van der Waals surface area contributed by atoms with Gasteiger partial charge in [0.05, 0.1) is 11.7 Å². The molecule has 2 unspecified atom stereocenters. The first kappa shape index (κ1) is 24.4. The Morgan fingerprint density at radius 2 is 1.62 bits per heavy atom. The van der Waals surface area contributed by atoms with Crippen LogP contribution in [0, 0.1) is 5.92 Å². The maximum Gasteiger partial charge on any atom is 0.224 e. The Balaban J connectivity index is 1.23. The van der Waals surface area contributed by atoms with Crippen LogP contribution in [0.15, 0.2) is 107 Å². The molecule has 192 valence electrons. The summed E-state index contributed by atoms with van der Waals surface area (Å²) in [5, 5.41) is 14.8. The average molecular weight is 513 g/mol. The van der Waals surface area contributed by atoms with Gasteiger partial charge in [0.25, 0.3) is 0 Å². The van der Waals surface area contributed by atoms with Crippen molar-refractivity contribution >= 4 is 22.9 Å². The third-order valence-electron chi connectivity index (χ3n) is 6.91. The Morgan fingerprint density at radius 1 is 0.846 bits per heavy atom. The molecule has 7 nitrogen and oxygen atoms in total. The van der Waals surface area contributed by atoms with Crippen molar-refractivity contribution in [3.8, 4) is 22.9 Å². The average Bonchev–Trinajstić information content (AvgIpc) is 2.99. The summed E-state index contributed by atoms with van der Waals surface area (Å²) in [6.07, 6.45) is 4.32. The fourth-order valence-electron chi connectivity index (χ4n) is 4.87. The molecule has 2 atom stereocenters. The van der Waals surface area contributed by atoms with E-state index in [4.69, 9.17) is 4.74 Å². The van der Waals surface area contributed by atoms with Crippen molar-refractivity contribution in [2.45, 2.75) is 19.4 Å². The number of aliphatic imine (C=N–C) groups is 2. The van der Waals surface area contributed by atoms with E-state index in [0.717, 1.165) is 44.6 Å². The summed E-state index contributed by atoms with van der Waals surface area (Å²) >= 11 is 0. The summed E-state index contributed by atoms with van der Waals surface area (Å²) in [6, 6.07) is 30.5. The number of nitrogens with zero attached hydrogens (tertiary/aromatic N) is 5. The number of aromatic nitrogens is 3. The monoisotopic (exact) mass is 512 g/mol. The highest BCUT2D eigenvalue weighted by Gasteiger charge is 2.26. The van der Waals surface area contributed by atoms with Gasteiger partial charge in [-0.05, 0) is 29.8 Å². The lowest BCUT2D eigenvalue weighted by atomic mass is 9.95. The van der Waals surface area contributed by atoms with Gasteiger partial charge in [-0.25, -0.2) is 9.98 Å². The van der Waals surface area contributed by atoms with Gasteiger partial charge in [-0.1, -0.05) is 73.7 Å². The smallest absolute Gasteiger partial charge is 0.224 e. The van der Waals surface area contributed by atoms with Crippen LogP contribution < -0.4 is 10.1 Å². The van der Waals surface area contributed by atoms with E-state index in [1.165, 1.54) is 0 Å². The summed E-state index contributed by atoms with van der Waals surface area (Å²) in [4.78, 5) is 13.1. The number of hydrogen-bond acceptors (Lipinski definition) is 5. The number of nitrogens with one attached hydrogen (secondary N) is 1. The van der Waals surface area contributed by atoms with Crippen LogP contribution in [0.2, 0.25) is 0 Å². The van der Waals surface area contributed by atoms with Gasteiger partial charge < -0.3 is 10.1 Å². The van der Waals surface area contributed by atoms with Crippen molar-refractivity contribution < 1.29 is 4.74 Å². The van der Waals surface area contributed by atoms with Crippen LogP contribution in [-0.2, 0) is 6.42 Å². The molecule has 3 aromatic carbocycles. The second-order valence-electron chi connectivity index (χ2n) is 9.53. The molecule has 39 heavy (non-hydrogen) atoms. The minimum absolute atomic E-state index is 0.0325. The fourth-order valence-corrected chi connectivity index (χ4v) is 4.87. The summed E-state index contributed by atoms with van der Waals surface area (Å²) < 4.78 is 6.26. The highest BCUT2D eigenvalue weighted by atomic mass is 16.5. The molecule has 0 bridgehead atoms. The molecule has 0 aliphatic carbocycles. The molecule has 0 spiro atoms. The largest absolute Gasteiger partial charge is 0.439 e. The molecule has 5 aromatic rings. The van der Waals surface area contributed by atoms with Crippen LogP contribution in [0.4, 0.5) is 0 Å². The highest BCUT2D eigenvalue weighted by Crippen LogP contribution is 2.33. The van der Waals surface area contributed by atoms with Gasteiger partial charge >= 0.3 is 0 Å². The van der Waals surface area contributed by atoms with E-state index < -0.39 is 0 Å². The van der Waals surface area contributed by atoms with Gasteiger partial charge in [0.1, 0.15) is 11.4 Å². The Bertz CT molecular complexity index is 1660. The lowest BCUT2D eigenvalue weighted by Crippen LogP contribution is -2.36. The molecule has 0 fully saturated rings. The zero-order chi connectivity index (χ0) is 26.6. The second kappa shape index (κ2) is 10.8. The predicted molar refractivity (Wildman–Crippen MR) is 155 cm³/mol. The van der Waals surface area contributed by atoms with E-state index in [1.807, 2.05) is 60.8 Å². The van der Waals surface area contributed by atoms with Gasteiger partial charge in [-0.2, -0.15) is 5.10 Å². The molecule has 6 rings (SSSR count). The van der Waals surface area contributed by atoms with Gasteiger partial charge in [-0.3, -0.25) is 4.99 Å². The summed E-state index contributed by atoms with van der Waals surface area (Å²) in [5.74, 6) is 2.04. The molecule has 1 aliphatic heterocycles. The Hall–Kier alpha value is -4.91. The Kier molecular flexibility index (Phi) is 6.78. The number of guanidine groups is 1. The van der Waals surface area contributed by atoms with Crippen molar-refractivity contribution in [3.05, 3.63) is 114 Å². The molecule has 2 aromatic heterocycles.